The Morgan fingerprint density at radius 3 is 2.50 bits per heavy atom. The summed E-state index contributed by atoms with van der Waals surface area (Å²) in [5.74, 6) is -0.223. The summed E-state index contributed by atoms with van der Waals surface area (Å²) in [6.45, 7) is 4.91. The van der Waals surface area contributed by atoms with E-state index in [2.05, 4.69) is 11.8 Å². The maximum absolute atomic E-state index is 11.3. The Balaban J connectivity index is 0.00000162. The molecule has 0 aliphatic carbocycles. The number of quaternary nitrogens is 1. The van der Waals surface area contributed by atoms with Crippen molar-refractivity contribution in [2.24, 2.45) is 0 Å². The second-order valence-corrected chi connectivity index (χ2v) is 4.86. The van der Waals surface area contributed by atoms with Crippen molar-refractivity contribution in [1.82, 2.24) is 4.90 Å². The molecule has 2 heterocycles. The molecule has 0 radical (unpaired) electrons. The summed E-state index contributed by atoms with van der Waals surface area (Å²) < 4.78 is 10.9. The molecule has 2 saturated heterocycles. The van der Waals surface area contributed by atoms with Crippen molar-refractivity contribution < 1.29 is 47.5 Å². The lowest BCUT2D eigenvalue weighted by Crippen LogP contribution is -3.00. The second kappa shape index (κ2) is 6.67. The summed E-state index contributed by atoms with van der Waals surface area (Å²) >= 11 is 0. The number of amides is 2. The molecule has 0 aromatic carbocycles. The predicted molar refractivity (Wildman–Crippen MR) is 59.3 cm³/mol. The van der Waals surface area contributed by atoms with E-state index in [9.17, 15) is 9.59 Å². The number of ether oxygens (including phenoxy) is 2. The van der Waals surface area contributed by atoms with Crippen LogP contribution in [-0.4, -0.2) is 74.4 Å². The van der Waals surface area contributed by atoms with Crippen molar-refractivity contribution in [2.75, 3.05) is 53.0 Å². The van der Waals surface area contributed by atoms with Crippen molar-refractivity contribution in [3.05, 3.63) is 0 Å². The van der Waals surface area contributed by atoms with E-state index >= 15 is 0 Å². The summed E-state index contributed by atoms with van der Waals surface area (Å²) in [5, 5.41) is 0. The zero-order chi connectivity index (χ0) is 12.3. The van der Waals surface area contributed by atoms with Crippen LogP contribution in [0.2, 0.25) is 0 Å². The van der Waals surface area contributed by atoms with Gasteiger partial charge in [-0.3, -0.25) is 4.79 Å². The quantitative estimate of drug-likeness (QED) is 0.387. The molecule has 0 bridgehead atoms. The molecular weight excluding hydrogens is 351 g/mol. The summed E-state index contributed by atoms with van der Waals surface area (Å²) in [4.78, 5) is 23.7. The van der Waals surface area contributed by atoms with Gasteiger partial charge in [-0.15, -0.1) is 0 Å². The Hall–Kier alpha value is -0.410. The number of halogens is 1. The van der Waals surface area contributed by atoms with Gasteiger partial charge in [0.1, 0.15) is 13.1 Å². The molecule has 6 nitrogen and oxygen atoms in total. The zero-order valence-corrected chi connectivity index (χ0v) is 12.7. The molecular formula is C11H19IN2O4. The van der Waals surface area contributed by atoms with Crippen molar-refractivity contribution in [3.63, 3.8) is 0 Å². The Morgan fingerprint density at radius 2 is 1.94 bits per heavy atom. The minimum Gasteiger partial charge on any atom is -1.00 e. The normalized spacial score (nSPS) is 22.6. The number of likely N-dealkylation sites (N-methyl/N-ethyl adjacent to an activating group) is 1. The third kappa shape index (κ3) is 3.79. The number of imide groups is 1. The van der Waals surface area contributed by atoms with Crippen LogP contribution >= 0.6 is 0 Å². The van der Waals surface area contributed by atoms with E-state index in [4.69, 9.17) is 4.74 Å². The van der Waals surface area contributed by atoms with Gasteiger partial charge in [0.25, 0.3) is 5.91 Å². The molecule has 2 fully saturated rings. The molecule has 104 valence electrons. The van der Waals surface area contributed by atoms with Crippen molar-refractivity contribution in [2.45, 2.75) is 6.42 Å². The zero-order valence-electron chi connectivity index (χ0n) is 10.6. The first kappa shape index (κ1) is 15.6. The Bertz CT molecular complexity index is 302. The summed E-state index contributed by atoms with van der Waals surface area (Å²) in [7, 11) is 2.19. The second-order valence-electron chi connectivity index (χ2n) is 4.86. The average molecular weight is 370 g/mol. The van der Waals surface area contributed by atoms with Crippen LogP contribution in [0.5, 0.6) is 0 Å². The molecule has 0 atom stereocenters. The van der Waals surface area contributed by atoms with Crippen LogP contribution in [0.15, 0.2) is 0 Å². The van der Waals surface area contributed by atoms with Gasteiger partial charge in [-0.05, 0) is 0 Å². The predicted octanol–water partition coefficient (Wildman–Crippen LogP) is -3.16. The van der Waals surface area contributed by atoms with Gasteiger partial charge in [-0.1, -0.05) is 0 Å². The minimum atomic E-state index is -0.500. The fraction of sp³-hybridized carbons (Fsp3) is 0.818. The number of rotatable bonds is 4. The molecule has 0 saturated carbocycles. The first-order valence-electron chi connectivity index (χ1n) is 5.99. The highest BCUT2D eigenvalue weighted by Crippen LogP contribution is 2.11. The standard InChI is InChI=1S/C11H19N2O4.HI/c1-13(5-7-16-8-6-13)4-2-3-12-10(14)9-17-11(12)15;/h2-9H2,1H3;1H/q+1;/p-1. The molecule has 2 amide bonds. The molecule has 0 spiro atoms. The number of carbonyl (C=O) groups excluding carboxylic acids is 2. The highest BCUT2D eigenvalue weighted by atomic mass is 127. The van der Waals surface area contributed by atoms with Crippen LogP contribution in [-0.2, 0) is 14.3 Å². The lowest BCUT2D eigenvalue weighted by molar-refractivity contribution is -0.917. The van der Waals surface area contributed by atoms with E-state index in [1.165, 1.54) is 4.90 Å². The van der Waals surface area contributed by atoms with Crippen LogP contribution in [0.25, 0.3) is 0 Å². The molecule has 2 aliphatic heterocycles. The van der Waals surface area contributed by atoms with E-state index in [1.807, 2.05) is 0 Å². The van der Waals surface area contributed by atoms with Gasteiger partial charge in [0.05, 0.1) is 26.8 Å². The maximum Gasteiger partial charge on any atom is 0.417 e. The number of hydrogen-bond donors (Lipinski definition) is 0. The smallest absolute Gasteiger partial charge is 0.417 e. The molecule has 0 aromatic rings. The molecule has 18 heavy (non-hydrogen) atoms. The third-order valence-corrected chi connectivity index (χ3v) is 3.47. The Labute approximate surface area is 124 Å². The maximum atomic E-state index is 11.3. The largest absolute Gasteiger partial charge is 1.00 e. The van der Waals surface area contributed by atoms with Gasteiger partial charge >= 0.3 is 6.09 Å². The average Bonchev–Trinajstić information content (AvgIpc) is 2.61. The van der Waals surface area contributed by atoms with Crippen LogP contribution in [0.3, 0.4) is 0 Å². The van der Waals surface area contributed by atoms with E-state index in [0.29, 0.717) is 6.54 Å². The number of morpholine rings is 1. The molecule has 0 N–H and O–H groups in total. The van der Waals surface area contributed by atoms with Crippen molar-refractivity contribution in [1.29, 1.82) is 0 Å². The Morgan fingerprint density at radius 1 is 1.28 bits per heavy atom. The first-order valence-corrected chi connectivity index (χ1v) is 5.99. The van der Waals surface area contributed by atoms with E-state index in [1.54, 1.807) is 0 Å². The van der Waals surface area contributed by atoms with Gasteiger partial charge < -0.3 is 37.9 Å². The van der Waals surface area contributed by atoms with E-state index in [0.717, 1.165) is 43.8 Å². The van der Waals surface area contributed by atoms with Crippen molar-refractivity contribution in [3.8, 4) is 0 Å². The number of nitrogens with zero attached hydrogens (tertiary/aromatic N) is 2. The summed E-state index contributed by atoms with van der Waals surface area (Å²) in [6, 6.07) is 0. The Kier molecular flexibility index (Phi) is 5.80. The molecule has 0 aromatic heterocycles. The third-order valence-electron chi connectivity index (χ3n) is 3.47. The first-order chi connectivity index (χ1) is 8.11. The fourth-order valence-corrected chi connectivity index (χ4v) is 2.22. The van der Waals surface area contributed by atoms with Crippen LogP contribution in [0.4, 0.5) is 4.79 Å². The number of cyclic esters (lactones) is 1. The lowest BCUT2D eigenvalue weighted by atomic mass is 10.2. The van der Waals surface area contributed by atoms with Crippen LogP contribution in [0.1, 0.15) is 6.42 Å². The van der Waals surface area contributed by atoms with Gasteiger partial charge in [0.15, 0.2) is 6.61 Å². The SMILES string of the molecule is C[N+]1(CCCN2C(=O)COC2=O)CCOCC1.[I-]. The van der Waals surface area contributed by atoms with Gasteiger partial charge in [-0.2, -0.15) is 0 Å². The minimum absolute atomic E-state index is 0. The summed E-state index contributed by atoms with van der Waals surface area (Å²) in [5.41, 5.74) is 0. The lowest BCUT2D eigenvalue weighted by Gasteiger charge is -2.37. The van der Waals surface area contributed by atoms with Crippen molar-refractivity contribution >= 4 is 12.0 Å². The van der Waals surface area contributed by atoms with Crippen LogP contribution < -0.4 is 24.0 Å². The molecule has 7 heteroatoms. The van der Waals surface area contributed by atoms with Gasteiger partial charge in [0, 0.05) is 13.0 Å². The monoisotopic (exact) mass is 370 g/mol. The number of carbonyl (C=O) groups is 2. The number of hydrogen-bond acceptors (Lipinski definition) is 4. The molecule has 2 rings (SSSR count). The van der Waals surface area contributed by atoms with E-state index < -0.39 is 6.09 Å². The fourth-order valence-electron chi connectivity index (χ4n) is 2.22. The van der Waals surface area contributed by atoms with Gasteiger partial charge in [0.2, 0.25) is 0 Å². The topological polar surface area (TPSA) is 55.8 Å². The molecule has 2 aliphatic rings. The highest BCUT2D eigenvalue weighted by molar-refractivity contribution is 5.97. The highest BCUT2D eigenvalue weighted by Gasteiger charge is 2.31. The summed E-state index contributed by atoms with van der Waals surface area (Å²) in [6.07, 6.45) is 0.316. The van der Waals surface area contributed by atoms with Gasteiger partial charge in [-0.25, -0.2) is 9.69 Å². The van der Waals surface area contributed by atoms with E-state index in [-0.39, 0.29) is 36.5 Å². The molecule has 0 unspecified atom stereocenters. The van der Waals surface area contributed by atoms with Crippen LogP contribution in [0, 0.1) is 0 Å².